The molecule has 3 rings (SSSR count). The van der Waals surface area contributed by atoms with Crippen molar-refractivity contribution in [2.45, 2.75) is 6.61 Å². The average molecular weight is 395 g/mol. The molecule has 4 nitrogen and oxygen atoms in total. The van der Waals surface area contributed by atoms with Crippen molar-refractivity contribution >= 4 is 34.0 Å². The van der Waals surface area contributed by atoms with Gasteiger partial charge >= 0.3 is 0 Å². The number of pyridine rings is 1. The van der Waals surface area contributed by atoms with E-state index in [2.05, 4.69) is 10.3 Å². The van der Waals surface area contributed by atoms with Crippen LogP contribution in [0.1, 0.15) is 5.69 Å². The highest BCUT2D eigenvalue weighted by Crippen LogP contribution is 2.35. The zero-order valence-electron chi connectivity index (χ0n) is 14.1. The van der Waals surface area contributed by atoms with E-state index >= 15 is 0 Å². The zero-order chi connectivity index (χ0) is 18.5. The van der Waals surface area contributed by atoms with E-state index in [0.717, 1.165) is 10.8 Å². The number of benzene rings is 2. The van der Waals surface area contributed by atoms with Crippen molar-refractivity contribution in [1.82, 2.24) is 10.3 Å². The van der Waals surface area contributed by atoms with Crippen molar-refractivity contribution in [1.29, 1.82) is 0 Å². The average Bonchev–Trinajstić information content (AvgIpc) is 2.65. The lowest BCUT2D eigenvalue weighted by Gasteiger charge is -2.11. The molecule has 0 fully saturated rings. The molecule has 0 spiro atoms. The van der Waals surface area contributed by atoms with Crippen molar-refractivity contribution < 1.29 is 13.9 Å². The molecule has 136 valence electrons. The van der Waals surface area contributed by atoms with Gasteiger partial charge in [-0.15, -0.1) is 0 Å². The van der Waals surface area contributed by atoms with Crippen LogP contribution in [0.2, 0.25) is 10.0 Å². The van der Waals surface area contributed by atoms with E-state index in [-0.39, 0.29) is 12.4 Å². The maximum Gasteiger partial charge on any atom is 0.255 e. The summed E-state index contributed by atoms with van der Waals surface area (Å²) in [6.45, 7) is 1.11. The number of aromatic nitrogens is 1. The van der Waals surface area contributed by atoms with Gasteiger partial charge in [0.2, 0.25) is 0 Å². The number of ether oxygens (including phenoxy) is 2. The number of likely N-dealkylation sites (N-methyl/N-ethyl adjacent to an activating group) is 1. The molecule has 2 aromatic carbocycles. The van der Waals surface area contributed by atoms with E-state index in [1.165, 1.54) is 0 Å². The fraction of sp³-hybridized carbons (Fsp3) is 0.211. The van der Waals surface area contributed by atoms with Gasteiger partial charge in [-0.1, -0.05) is 35.3 Å². The molecule has 0 unspecified atom stereocenters. The fourth-order valence-electron chi connectivity index (χ4n) is 2.45. The summed E-state index contributed by atoms with van der Waals surface area (Å²) in [7, 11) is 1.80. The van der Waals surface area contributed by atoms with Crippen LogP contribution in [0.3, 0.4) is 0 Å². The Labute approximate surface area is 160 Å². The molecule has 1 N–H and O–H groups in total. The number of nitrogens with one attached hydrogen (secondary N) is 1. The van der Waals surface area contributed by atoms with Crippen LogP contribution in [0.25, 0.3) is 10.8 Å². The lowest BCUT2D eigenvalue weighted by Crippen LogP contribution is -2.16. The molecule has 0 atom stereocenters. The van der Waals surface area contributed by atoms with Gasteiger partial charge in [0.15, 0.2) is 5.75 Å². The normalized spacial score (nSPS) is 10.9. The summed E-state index contributed by atoms with van der Waals surface area (Å²) in [4.78, 5) is 3.89. The topological polar surface area (TPSA) is 43.4 Å². The number of hydrogen-bond donors (Lipinski definition) is 1. The monoisotopic (exact) mass is 394 g/mol. The van der Waals surface area contributed by atoms with E-state index in [9.17, 15) is 4.39 Å². The molecule has 0 bridgehead atoms. The van der Waals surface area contributed by atoms with Crippen LogP contribution in [-0.4, -0.2) is 25.2 Å². The molecule has 26 heavy (non-hydrogen) atoms. The summed E-state index contributed by atoms with van der Waals surface area (Å²) in [6.07, 6.45) is 0. The van der Waals surface area contributed by atoms with Gasteiger partial charge in [0.1, 0.15) is 19.0 Å². The molecular weight excluding hydrogens is 378 g/mol. The highest BCUT2D eigenvalue weighted by atomic mass is 35.5. The van der Waals surface area contributed by atoms with E-state index < -0.39 is 5.95 Å². The first-order valence-electron chi connectivity index (χ1n) is 8.02. The predicted octanol–water partition coefficient (Wildman–Crippen LogP) is 4.86. The standard InChI is InChI=1S/C19H17Cl2FN2O2/c1-23-9-10-25-17-8-5-12(24-19(17)22)11-26-16-4-2-3-14-13(16)6-7-15(20)18(14)21/h2-8,23H,9-11H2,1H3. The summed E-state index contributed by atoms with van der Waals surface area (Å²) >= 11 is 12.3. The Hall–Kier alpha value is -2.08. The second-order valence-corrected chi connectivity index (χ2v) is 6.33. The Morgan fingerprint density at radius 3 is 2.62 bits per heavy atom. The first-order chi connectivity index (χ1) is 12.6. The molecule has 3 aromatic rings. The van der Waals surface area contributed by atoms with Crippen molar-refractivity contribution in [3.05, 3.63) is 64.2 Å². The maximum atomic E-state index is 14.0. The number of hydrogen-bond acceptors (Lipinski definition) is 4. The minimum Gasteiger partial charge on any atom is -0.487 e. The third kappa shape index (κ3) is 4.18. The van der Waals surface area contributed by atoms with Crippen LogP contribution < -0.4 is 14.8 Å². The van der Waals surface area contributed by atoms with Crippen LogP contribution in [0.4, 0.5) is 4.39 Å². The minimum atomic E-state index is -0.657. The molecule has 0 amide bonds. The molecule has 0 aliphatic heterocycles. The highest BCUT2D eigenvalue weighted by molar-refractivity contribution is 6.45. The van der Waals surface area contributed by atoms with Gasteiger partial charge < -0.3 is 14.8 Å². The summed E-state index contributed by atoms with van der Waals surface area (Å²) < 4.78 is 25.1. The molecule has 0 aliphatic rings. The third-order valence-corrected chi connectivity index (χ3v) is 4.58. The fourth-order valence-corrected chi connectivity index (χ4v) is 2.85. The van der Waals surface area contributed by atoms with Gasteiger partial charge in [-0.05, 0) is 37.4 Å². The van der Waals surface area contributed by atoms with Crippen LogP contribution >= 0.6 is 23.2 Å². The molecular formula is C19H17Cl2FN2O2. The molecule has 7 heteroatoms. The molecule has 1 heterocycles. The smallest absolute Gasteiger partial charge is 0.255 e. The maximum absolute atomic E-state index is 14.0. The molecule has 0 aliphatic carbocycles. The highest BCUT2D eigenvalue weighted by Gasteiger charge is 2.10. The summed E-state index contributed by atoms with van der Waals surface area (Å²) in [5.41, 5.74) is 0.459. The number of fused-ring (bicyclic) bond motifs is 1. The SMILES string of the molecule is CNCCOc1ccc(COc2cccc3c(Cl)c(Cl)ccc23)nc1F. The van der Waals surface area contributed by atoms with Gasteiger partial charge in [-0.2, -0.15) is 4.39 Å². The Morgan fingerprint density at radius 1 is 1.00 bits per heavy atom. The molecule has 1 aromatic heterocycles. The number of halogens is 3. The summed E-state index contributed by atoms with van der Waals surface area (Å²) in [6, 6.07) is 12.3. The summed E-state index contributed by atoms with van der Waals surface area (Å²) in [5.74, 6) is 0.0863. The Morgan fingerprint density at radius 2 is 1.85 bits per heavy atom. The van der Waals surface area contributed by atoms with Gasteiger partial charge in [-0.3, -0.25) is 0 Å². The van der Waals surface area contributed by atoms with Gasteiger partial charge in [-0.25, -0.2) is 4.98 Å². The largest absolute Gasteiger partial charge is 0.487 e. The minimum absolute atomic E-state index is 0.118. The van der Waals surface area contributed by atoms with Crippen molar-refractivity contribution in [3.63, 3.8) is 0 Å². The first kappa shape index (κ1) is 18.7. The predicted molar refractivity (Wildman–Crippen MR) is 102 cm³/mol. The van der Waals surface area contributed by atoms with Crippen LogP contribution in [-0.2, 0) is 6.61 Å². The molecule has 0 saturated heterocycles. The van der Waals surface area contributed by atoms with Crippen LogP contribution in [0.5, 0.6) is 11.5 Å². The van der Waals surface area contributed by atoms with E-state index in [1.807, 2.05) is 24.3 Å². The number of rotatable bonds is 7. The van der Waals surface area contributed by atoms with Crippen molar-refractivity contribution in [2.24, 2.45) is 0 Å². The van der Waals surface area contributed by atoms with Crippen molar-refractivity contribution in [2.75, 3.05) is 20.2 Å². The quantitative estimate of drug-likeness (QED) is 0.459. The molecule has 0 radical (unpaired) electrons. The summed E-state index contributed by atoms with van der Waals surface area (Å²) in [5, 5.41) is 5.50. The van der Waals surface area contributed by atoms with Crippen LogP contribution in [0, 0.1) is 5.95 Å². The van der Waals surface area contributed by atoms with Gasteiger partial charge in [0.05, 0.1) is 15.7 Å². The second kappa shape index (κ2) is 8.54. The van der Waals surface area contributed by atoms with E-state index in [1.54, 1.807) is 25.2 Å². The Bertz CT molecular complexity index is 921. The number of nitrogens with zero attached hydrogens (tertiary/aromatic N) is 1. The van der Waals surface area contributed by atoms with Crippen LogP contribution in [0.15, 0.2) is 42.5 Å². The van der Waals surface area contributed by atoms with Gasteiger partial charge in [0, 0.05) is 17.3 Å². The van der Waals surface area contributed by atoms with Crippen molar-refractivity contribution in [3.8, 4) is 11.5 Å². The lowest BCUT2D eigenvalue weighted by atomic mass is 10.1. The first-order valence-corrected chi connectivity index (χ1v) is 8.78. The second-order valence-electron chi connectivity index (χ2n) is 5.54. The molecule has 0 saturated carbocycles. The van der Waals surface area contributed by atoms with E-state index in [0.29, 0.717) is 34.6 Å². The van der Waals surface area contributed by atoms with E-state index in [4.69, 9.17) is 32.7 Å². The zero-order valence-corrected chi connectivity index (χ0v) is 15.6. The third-order valence-electron chi connectivity index (χ3n) is 3.77. The Kier molecular flexibility index (Phi) is 6.14. The van der Waals surface area contributed by atoms with Gasteiger partial charge in [0.25, 0.3) is 5.95 Å². The Balaban J connectivity index is 1.74. The lowest BCUT2D eigenvalue weighted by molar-refractivity contribution is 0.287.